The minimum Gasteiger partial charge on any atom is -0.267 e. The molecular formula is C39H49B3O3P3S+3. The standard InChI is InChI=1S/C25H28B2P2.C14H21BO3PS/c1-21(20-25-18-11-19-28(25,26)22-12-5-2-6-13-22)29(27,23-14-7-3-8-15-23)24-16-9-4-10-17-24;1-12(18-20(2,16)17)11-14-9-6-10-19(14,15)13-7-4-3-5-8-13/h2-10,12-17,21,25H,11,18-20H2,1H3;3-5,7-8,12,14H,6,9-11H2,1-2H3/q+2;+1/t21?,25-,28?;12?,14-,19?/m11/s1. The molecule has 0 saturated carbocycles. The lowest BCUT2D eigenvalue weighted by Crippen LogP contribution is -2.33. The first kappa shape index (κ1) is 38.5. The fraction of sp³-hybridized carbons (Fsp3) is 0.385. The Labute approximate surface area is 302 Å². The average Bonchev–Trinajstić information content (AvgIpc) is 3.67. The van der Waals surface area contributed by atoms with Crippen LogP contribution in [0.25, 0.3) is 0 Å². The van der Waals surface area contributed by atoms with Crippen molar-refractivity contribution in [2.75, 3.05) is 18.6 Å². The molecule has 2 aliphatic heterocycles. The summed E-state index contributed by atoms with van der Waals surface area (Å²) in [5, 5.41) is 5.21. The van der Waals surface area contributed by atoms with Gasteiger partial charge in [-0.1, -0.05) is 72.8 Å². The lowest BCUT2D eigenvalue weighted by atomic mass is 10.1. The molecule has 0 aliphatic carbocycles. The van der Waals surface area contributed by atoms with E-state index in [-0.39, 0.29) is 6.10 Å². The summed E-state index contributed by atoms with van der Waals surface area (Å²) in [4.78, 5) is 0. The Balaban J connectivity index is 0.000000205. The first-order valence-corrected chi connectivity index (χ1v) is 25.4. The molecule has 0 amide bonds. The third-order valence-electron chi connectivity index (χ3n) is 10.5. The topological polar surface area (TPSA) is 43.4 Å². The molecule has 6 rings (SSSR count). The van der Waals surface area contributed by atoms with Crippen LogP contribution in [0.5, 0.6) is 0 Å². The van der Waals surface area contributed by atoms with E-state index in [1.165, 1.54) is 40.2 Å². The highest BCUT2D eigenvalue weighted by Crippen LogP contribution is 2.68. The van der Waals surface area contributed by atoms with Crippen molar-refractivity contribution in [3.05, 3.63) is 121 Å². The molecule has 49 heavy (non-hydrogen) atoms. The molecule has 0 N–H and O–H groups in total. The van der Waals surface area contributed by atoms with Gasteiger partial charge in [-0.3, -0.25) is 4.18 Å². The highest BCUT2D eigenvalue weighted by molar-refractivity contribution is 8.09. The van der Waals surface area contributed by atoms with E-state index in [9.17, 15) is 8.42 Å². The zero-order chi connectivity index (χ0) is 35.1. The molecule has 4 unspecified atom stereocenters. The lowest BCUT2D eigenvalue weighted by Gasteiger charge is -2.34. The summed E-state index contributed by atoms with van der Waals surface area (Å²) in [5.74, 6) is 0. The number of benzene rings is 4. The highest BCUT2D eigenvalue weighted by Gasteiger charge is 2.52. The third kappa shape index (κ3) is 9.20. The molecule has 250 valence electrons. The molecule has 0 aromatic heterocycles. The Kier molecular flexibility index (Phi) is 13.2. The van der Waals surface area contributed by atoms with Crippen molar-refractivity contribution in [1.82, 2.24) is 0 Å². The molecular weight excluding hydrogens is 674 g/mol. The zero-order valence-corrected chi connectivity index (χ0v) is 32.7. The maximum Gasteiger partial charge on any atom is 0.377 e. The highest BCUT2D eigenvalue weighted by atomic mass is 32.2. The molecule has 3 nitrogen and oxygen atoms in total. The summed E-state index contributed by atoms with van der Waals surface area (Å²) in [6.45, 7) is 4.18. The van der Waals surface area contributed by atoms with Crippen molar-refractivity contribution < 1.29 is 12.6 Å². The molecule has 0 spiro atoms. The van der Waals surface area contributed by atoms with Crippen LogP contribution < -0.4 is 21.2 Å². The lowest BCUT2D eigenvalue weighted by molar-refractivity contribution is 0.218. The fourth-order valence-electron chi connectivity index (χ4n) is 7.99. The molecule has 6 radical (unpaired) electrons. The predicted molar refractivity (Wildman–Crippen MR) is 222 cm³/mol. The van der Waals surface area contributed by atoms with Gasteiger partial charge in [-0.25, -0.2) is 0 Å². The van der Waals surface area contributed by atoms with Gasteiger partial charge in [0, 0.05) is 32.3 Å². The van der Waals surface area contributed by atoms with Gasteiger partial charge in [0.05, 0.1) is 50.6 Å². The van der Waals surface area contributed by atoms with E-state index in [0.717, 1.165) is 31.7 Å². The molecule has 2 fully saturated rings. The van der Waals surface area contributed by atoms with Crippen molar-refractivity contribution in [2.24, 2.45) is 0 Å². The minimum absolute atomic E-state index is 0.306. The van der Waals surface area contributed by atoms with E-state index in [1.807, 2.05) is 25.1 Å². The largest absolute Gasteiger partial charge is 0.377 e. The van der Waals surface area contributed by atoms with E-state index in [1.54, 1.807) is 0 Å². The predicted octanol–water partition coefficient (Wildman–Crippen LogP) is 7.44. The number of hydrogen-bond acceptors (Lipinski definition) is 3. The number of rotatable bonds is 11. The maximum absolute atomic E-state index is 11.2. The van der Waals surface area contributed by atoms with Gasteiger partial charge in [-0.15, -0.1) is 0 Å². The Morgan fingerprint density at radius 2 is 1.04 bits per heavy atom. The summed E-state index contributed by atoms with van der Waals surface area (Å²) >= 11 is 0. The second-order valence-electron chi connectivity index (χ2n) is 14.0. The molecule has 2 aliphatic rings. The van der Waals surface area contributed by atoms with Gasteiger partial charge in [0.1, 0.15) is 0 Å². The van der Waals surface area contributed by atoms with Crippen LogP contribution in [0.3, 0.4) is 0 Å². The van der Waals surface area contributed by atoms with Crippen molar-refractivity contribution >= 4 is 75.5 Å². The van der Waals surface area contributed by atoms with Gasteiger partial charge in [0.2, 0.25) is 0 Å². The summed E-state index contributed by atoms with van der Waals surface area (Å²) in [7, 11) is 12.6. The van der Waals surface area contributed by atoms with Crippen LogP contribution in [0.4, 0.5) is 0 Å². The second-order valence-corrected chi connectivity index (χ2v) is 26.1. The molecule has 4 aromatic rings. The van der Waals surface area contributed by atoms with E-state index in [4.69, 9.17) is 26.9 Å². The maximum atomic E-state index is 11.2. The normalized spacial score (nSPS) is 25.2. The monoisotopic (exact) mass is 723 g/mol. The van der Waals surface area contributed by atoms with Crippen LogP contribution in [0, 0.1) is 0 Å². The molecule has 4 aromatic carbocycles. The van der Waals surface area contributed by atoms with Crippen molar-refractivity contribution in [1.29, 1.82) is 0 Å². The van der Waals surface area contributed by atoms with E-state index in [2.05, 4.69) is 110 Å². The Morgan fingerprint density at radius 1 is 0.673 bits per heavy atom. The molecule has 6 atom stereocenters. The van der Waals surface area contributed by atoms with E-state index < -0.39 is 31.5 Å². The Bertz CT molecular complexity index is 1680. The first-order chi connectivity index (χ1) is 23.4. The van der Waals surface area contributed by atoms with Crippen molar-refractivity contribution in [3.63, 3.8) is 0 Å². The molecule has 0 bridgehead atoms. The van der Waals surface area contributed by atoms with Crippen LogP contribution in [-0.2, 0) is 14.3 Å². The Morgan fingerprint density at radius 3 is 1.43 bits per heavy atom. The van der Waals surface area contributed by atoms with E-state index >= 15 is 0 Å². The summed E-state index contributed by atoms with van der Waals surface area (Å²) in [6.07, 6.45) is 9.48. The number of hydrogen-bond donors (Lipinski definition) is 0. The Hall–Kier alpha value is -1.73. The smallest absolute Gasteiger partial charge is 0.267 e. The SMILES string of the molecule is [B][P+](c1ccccc1)(c1ccccc1)C(C)C[C@H]1CCC[P+]1([B])c1ccccc1.[B][P+]1(c2ccccc2)CCC[C@@H]1CC(C)OS(C)(=O)=O. The van der Waals surface area contributed by atoms with Gasteiger partial charge in [0.15, 0.2) is 0 Å². The fourth-order valence-corrected chi connectivity index (χ4v) is 19.7. The first-order valence-electron chi connectivity index (χ1n) is 17.5. The quantitative estimate of drug-likeness (QED) is 0.0919. The van der Waals surface area contributed by atoms with Crippen molar-refractivity contribution in [3.8, 4) is 0 Å². The van der Waals surface area contributed by atoms with E-state index in [0.29, 0.717) is 23.4 Å². The van der Waals surface area contributed by atoms with Crippen LogP contribution in [0.15, 0.2) is 121 Å². The van der Waals surface area contributed by atoms with Crippen LogP contribution in [0.2, 0.25) is 0 Å². The van der Waals surface area contributed by atoms with Gasteiger partial charge in [-0.05, 0) is 102 Å². The summed E-state index contributed by atoms with van der Waals surface area (Å²) in [5.41, 5.74) is 1.32. The third-order valence-corrected chi connectivity index (χ3v) is 23.3. The van der Waals surface area contributed by atoms with Gasteiger partial charge < -0.3 is 0 Å². The summed E-state index contributed by atoms with van der Waals surface area (Å²) < 4.78 is 27.5. The molecule has 10 heteroatoms. The molecule has 2 saturated heterocycles. The zero-order valence-electron chi connectivity index (χ0n) is 29.2. The van der Waals surface area contributed by atoms with Crippen LogP contribution >= 0.6 is 21.4 Å². The van der Waals surface area contributed by atoms with Crippen LogP contribution in [0.1, 0.15) is 52.4 Å². The van der Waals surface area contributed by atoms with Gasteiger partial charge in [0.25, 0.3) is 10.1 Å². The summed E-state index contributed by atoms with van der Waals surface area (Å²) in [6, 6.07) is 42.6. The van der Waals surface area contributed by atoms with Crippen LogP contribution in [-0.4, -0.2) is 72.8 Å². The molecule has 2 heterocycles. The average molecular weight is 723 g/mol. The second kappa shape index (κ2) is 16.7. The van der Waals surface area contributed by atoms with Gasteiger partial charge >= 0.3 is 22.7 Å². The minimum atomic E-state index is -3.40. The van der Waals surface area contributed by atoms with Crippen molar-refractivity contribution in [2.45, 2.75) is 75.5 Å². The van der Waals surface area contributed by atoms with Gasteiger partial charge in [-0.2, -0.15) is 8.42 Å².